The number of fused-ring (bicyclic) bond motifs is 2. The van der Waals surface area contributed by atoms with Crippen LogP contribution in [0.4, 0.5) is 0 Å². The van der Waals surface area contributed by atoms with E-state index in [0.717, 1.165) is 0 Å². The molecule has 0 saturated carbocycles. The van der Waals surface area contributed by atoms with Crippen molar-refractivity contribution in [2.24, 2.45) is 0 Å². The number of ketones is 2. The van der Waals surface area contributed by atoms with Gasteiger partial charge in [0.2, 0.25) is 0 Å². The molecular weight excluding hydrogens is 578 g/mol. The Labute approximate surface area is 250 Å². The van der Waals surface area contributed by atoms with Gasteiger partial charge in [-0.15, -0.1) is 0 Å². The Bertz CT molecular complexity index is 1150. The quantitative estimate of drug-likeness (QED) is 0.185. The van der Waals surface area contributed by atoms with Crippen LogP contribution in [0.1, 0.15) is 76.3 Å². The zero-order chi connectivity index (χ0) is 31.2. The maximum absolute atomic E-state index is 12.8. The van der Waals surface area contributed by atoms with Crippen LogP contribution in [0.15, 0.2) is 42.5 Å². The van der Waals surface area contributed by atoms with Crippen molar-refractivity contribution in [1.29, 1.82) is 0 Å². The Morgan fingerprint density at radius 3 is 1.60 bits per heavy atom. The highest BCUT2D eigenvalue weighted by Crippen LogP contribution is 2.28. The van der Waals surface area contributed by atoms with Crippen molar-refractivity contribution < 1.29 is 45.4 Å². The van der Waals surface area contributed by atoms with Crippen LogP contribution in [-0.2, 0) is 31.0 Å². The average molecular weight is 622 g/mol. The molecule has 3 rings (SSSR count). The summed E-state index contributed by atoms with van der Waals surface area (Å²) in [5, 5.41) is 2.82. The minimum absolute atomic E-state index is 0.206. The number of rotatable bonds is 16. The highest BCUT2D eigenvalue weighted by atomic mass is 28.4. The third-order valence-electron chi connectivity index (χ3n) is 6.35. The molecule has 0 aromatic heterocycles. The second-order valence-corrected chi connectivity index (χ2v) is 14.1. The molecule has 0 radical (unpaired) electrons. The first-order valence-electron chi connectivity index (χ1n) is 14.0. The van der Waals surface area contributed by atoms with Crippen LogP contribution in [0.25, 0.3) is 0 Å². The topological polar surface area (TPSA) is 128 Å². The summed E-state index contributed by atoms with van der Waals surface area (Å²) in [5.74, 6) is -0.769. The first-order chi connectivity index (χ1) is 20.2. The third-order valence-corrected chi connectivity index (χ3v) is 11.8. The Hall–Kier alpha value is -2.60. The van der Waals surface area contributed by atoms with Gasteiger partial charge in [-0.3, -0.25) is 14.4 Å². The number of nitrogens with one attached hydrogen (secondary N) is 1. The number of carbonyl (C=O) groups excluding carboxylic acids is 3. The van der Waals surface area contributed by atoms with Crippen molar-refractivity contribution in [1.82, 2.24) is 5.32 Å². The lowest BCUT2D eigenvalue weighted by molar-refractivity contribution is -0.0247. The minimum Gasteiger partial charge on any atom is -0.377 e. The summed E-state index contributed by atoms with van der Waals surface area (Å²) in [6.07, 6.45) is 0.614. The number of benzene rings is 2. The van der Waals surface area contributed by atoms with Gasteiger partial charge in [0.25, 0.3) is 5.91 Å². The fraction of sp³-hybridized carbons (Fsp3) is 0.483. The van der Waals surface area contributed by atoms with Gasteiger partial charge in [0.1, 0.15) is 0 Å². The Morgan fingerprint density at radius 1 is 0.690 bits per heavy atom. The summed E-state index contributed by atoms with van der Waals surface area (Å²) in [6.45, 7) is 10.2. The zero-order valence-electron chi connectivity index (χ0n) is 25.6. The molecule has 1 aliphatic rings. The maximum atomic E-state index is 12.8. The van der Waals surface area contributed by atoms with E-state index < -0.39 is 17.9 Å². The van der Waals surface area contributed by atoms with Gasteiger partial charge in [0.05, 0.1) is 0 Å². The van der Waals surface area contributed by atoms with Crippen LogP contribution in [0, 0.1) is 0 Å². The fourth-order valence-electron chi connectivity index (χ4n) is 4.36. The molecule has 2 aromatic carbocycles. The highest BCUT2D eigenvalue weighted by Gasteiger charge is 2.44. The van der Waals surface area contributed by atoms with Crippen molar-refractivity contribution in [2.75, 3.05) is 54.3 Å². The van der Waals surface area contributed by atoms with E-state index in [1.54, 1.807) is 57.7 Å². The molecule has 1 aliphatic carbocycles. The van der Waals surface area contributed by atoms with Crippen LogP contribution < -0.4 is 5.32 Å². The molecule has 0 aliphatic heterocycles. The van der Waals surface area contributed by atoms with Crippen molar-refractivity contribution >= 4 is 35.3 Å². The second-order valence-electron chi connectivity index (χ2n) is 8.85. The van der Waals surface area contributed by atoms with Gasteiger partial charge in [-0.2, -0.15) is 0 Å². The molecule has 1 N–H and O–H groups in total. The molecule has 0 unspecified atom stereocenters. The lowest BCUT2D eigenvalue weighted by atomic mass is 9.83. The Kier molecular flexibility index (Phi) is 14.8. The molecule has 0 atom stereocenters. The molecule has 13 heteroatoms. The van der Waals surface area contributed by atoms with Crippen LogP contribution in [0.5, 0.6) is 0 Å². The summed E-state index contributed by atoms with van der Waals surface area (Å²) >= 11 is 0. The van der Waals surface area contributed by atoms with Crippen LogP contribution in [0.2, 0.25) is 6.04 Å². The minimum atomic E-state index is -2.80. The molecule has 2 aromatic rings. The smallest absolute Gasteiger partial charge is 0.377 e. The summed E-state index contributed by atoms with van der Waals surface area (Å²) in [4.78, 5) is 37.9. The second kappa shape index (κ2) is 17.5. The molecule has 0 heterocycles. The molecule has 0 fully saturated rings. The van der Waals surface area contributed by atoms with Gasteiger partial charge in [-0.25, -0.2) is 0 Å². The van der Waals surface area contributed by atoms with Gasteiger partial charge < -0.3 is 36.3 Å². The van der Waals surface area contributed by atoms with E-state index in [1.807, 2.05) is 27.7 Å². The van der Waals surface area contributed by atoms with Crippen LogP contribution >= 0.6 is 0 Å². The molecule has 0 spiro atoms. The van der Waals surface area contributed by atoms with Gasteiger partial charge in [-0.05, 0) is 52.3 Å². The predicted octanol–water partition coefficient (Wildman–Crippen LogP) is 4.03. The van der Waals surface area contributed by atoms with Gasteiger partial charge in [0, 0.05) is 88.2 Å². The average Bonchev–Trinajstić information content (AvgIpc) is 3.01. The van der Waals surface area contributed by atoms with E-state index in [2.05, 4.69) is 5.32 Å². The summed E-state index contributed by atoms with van der Waals surface area (Å²) in [6, 6.07) is 11.9. The molecule has 42 heavy (non-hydrogen) atoms. The van der Waals surface area contributed by atoms with E-state index in [9.17, 15) is 14.4 Å². The van der Waals surface area contributed by atoms with E-state index in [-0.39, 0.29) is 23.0 Å². The lowest BCUT2D eigenvalue weighted by Crippen LogP contribution is -2.49. The number of amides is 1. The van der Waals surface area contributed by atoms with Crippen molar-refractivity contribution in [3.05, 3.63) is 70.3 Å². The molecule has 0 bridgehead atoms. The van der Waals surface area contributed by atoms with E-state index >= 15 is 0 Å². The maximum Gasteiger partial charge on any atom is 0.679 e. The SMILES string of the molecule is CCO[Si](OCC)(OCC)OCC.CO[Si](CCCNC(=O)c1ccc2c(c1)C(=O)c1ccccc1C2=O)(OC)OC. The first-order valence-corrected chi connectivity index (χ1v) is 17.6. The number of carbonyl (C=O) groups is 3. The van der Waals surface area contributed by atoms with E-state index in [0.29, 0.717) is 67.7 Å². The number of hydrogen-bond acceptors (Lipinski definition) is 10. The first kappa shape index (κ1) is 35.6. The zero-order valence-corrected chi connectivity index (χ0v) is 27.6. The Morgan fingerprint density at radius 2 is 1.14 bits per heavy atom. The van der Waals surface area contributed by atoms with E-state index in [4.69, 9.17) is 31.0 Å². The standard InChI is InChI=1S/C21H23NO6Si.C8H20O4Si/c1-26-29(27-2,28-3)12-6-11-22-21(25)14-9-10-17-18(13-14)20(24)16-8-5-4-7-15(16)19(17)23;1-5-9-13(10-6-2,11-7-3)12-8-4/h4-5,7-10,13H,6,11-12H2,1-3H3,(H,22,25);5-8H2,1-4H3. The van der Waals surface area contributed by atoms with Crippen LogP contribution in [0.3, 0.4) is 0 Å². The molecule has 11 nitrogen and oxygen atoms in total. The Balaban J connectivity index is 0.000000401. The van der Waals surface area contributed by atoms with Crippen molar-refractivity contribution in [3.8, 4) is 0 Å². The van der Waals surface area contributed by atoms with Gasteiger partial charge in [0.15, 0.2) is 11.6 Å². The van der Waals surface area contributed by atoms with Crippen molar-refractivity contribution in [2.45, 2.75) is 40.2 Å². The monoisotopic (exact) mass is 621 g/mol. The molecule has 232 valence electrons. The van der Waals surface area contributed by atoms with Crippen LogP contribution in [-0.4, -0.2) is 89.6 Å². The highest BCUT2D eigenvalue weighted by molar-refractivity contribution is 6.60. The van der Waals surface area contributed by atoms with Gasteiger partial charge >= 0.3 is 17.9 Å². The number of hydrogen-bond donors (Lipinski definition) is 1. The normalized spacial score (nSPS) is 12.7. The fourth-order valence-corrected chi connectivity index (χ4v) is 8.00. The molecular formula is C29H43NO10Si2. The molecule has 0 saturated heterocycles. The summed E-state index contributed by atoms with van der Waals surface area (Å²) < 4.78 is 37.8. The van der Waals surface area contributed by atoms with Crippen molar-refractivity contribution in [3.63, 3.8) is 0 Å². The lowest BCUT2D eigenvalue weighted by Gasteiger charge is -2.26. The largest absolute Gasteiger partial charge is 0.679 e. The predicted molar refractivity (Wildman–Crippen MR) is 161 cm³/mol. The molecule has 1 amide bonds. The summed E-state index contributed by atoms with van der Waals surface area (Å²) in [7, 11) is -0.839. The van der Waals surface area contributed by atoms with Gasteiger partial charge in [-0.1, -0.05) is 24.3 Å². The summed E-state index contributed by atoms with van der Waals surface area (Å²) in [5.41, 5.74) is 1.66. The third kappa shape index (κ3) is 8.95. The van der Waals surface area contributed by atoms with E-state index in [1.165, 1.54) is 6.07 Å².